The van der Waals surface area contributed by atoms with Gasteiger partial charge < -0.3 is 4.42 Å². The van der Waals surface area contributed by atoms with Gasteiger partial charge in [-0.25, -0.2) is 8.42 Å². The molecule has 12 heteroatoms. The summed E-state index contributed by atoms with van der Waals surface area (Å²) in [6.07, 6.45) is -3.77. The average molecular weight is 402 g/mol. The van der Waals surface area contributed by atoms with Crippen LogP contribution in [-0.2, 0) is 16.2 Å². The molecule has 2 aromatic heterocycles. The van der Waals surface area contributed by atoms with Gasteiger partial charge in [0.2, 0.25) is 5.89 Å². The molecule has 0 bridgehead atoms. The molecule has 0 radical (unpaired) electrons. The summed E-state index contributed by atoms with van der Waals surface area (Å²) in [4.78, 5) is 0. The summed E-state index contributed by atoms with van der Waals surface area (Å²) in [6.45, 7) is 0.256. The predicted octanol–water partition coefficient (Wildman–Crippen LogP) is 3.37. The maximum absolute atomic E-state index is 12.6. The first-order valence-corrected chi connectivity index (χ1v) is 9.47. The number of thiophene rings is 1. The van der Waals surface area contributed by atoms with Crippen molar-refractivity contribution in [1.29, 1.82) is 0 Å². The minimum Gasteiger partial charge on any atom is -0.417 e. The third-order valence-electron chi connectivity index (χ3n) is 3.56. The fourth-order valence-corrected chi connectivity index (χ4v) is 5.60. The van der Waals surface area contributed by atoms with Gasteiger partial charge in [0.25, 0.3) is 10.0 Å². The number of alkyl halides is 3. The fraction of sp³-hybridized carbons (Fsp3) is 0.500. The Bertz CT molecular complexity index is 834. The summed E-state index contributed by atoms with van der Waals surface area (Å²) in [6, 6.07) is 2.88. The van der Waals surface area contributed by atoms with E-state index >= 15 is 0 Å². The molecule has 0 saturated carbocycles. The molecule has 1 atom stereocenters. The molecule has 6 nitrogen and oxygen atoms in total. The summed E-state index contributed by atoms with van der Waals surface area (Å²) in [5.41, 5.74) is 0. The van der Waals surface area contributed by atoms with E-state index in [9.17, 15) is 21.6 Å². The second-order valence-corrected chi connectivity index (χ2v) is 9.08. The molecule has 1 unspecified atom stereocenters. The largest absolute Gasteiger partial charge is 0.470 e. The van der Waals surface area contributed by atoms with Crippen LogP contribution >= 0.6 is 22.9 Å². The number of halogens is 4. The van der Waals surface area contributed by atoms with Crippen molar-refractivity contribution in [2.24, 2.45) is 0 Å². The molecular weight excluding hydrogens is 391 g/mol. The molecule has 0 aliphatic carbocycles. The molecule has 1 saturated heterocycles. The van der Waals surface area contributed by atoms with Gasteiger partial charge in [-0.3, -0.25) is 0 Å². The molecule has 0 amide bonds. The fourth-order valence-electron chi connectivity index (χ4n) is 2.44. The number of aromatic nitrogens is 2. The zero-order valence-corrected chi connectivity index (χ0v) is 14.3. The van der Waals surface area contributed by atoms with Crippen molar-refractivity contribution < 1.29 is 26.0 Å². The highest BCUT2D eigenvalue weighted by Gasteiger charge is 2.40. The highest BCUT2D eigenvalue weighted by atomic mass is 35.5. The topological polar surface area (TPSA) is 76.3 Å². The van der Waals surface area contributed by atoms with E-state index < -0.39 is 28.0 Å². The van der Waals surface area contributed by atoms with Crippen molar-refractivity contribution >= 4 is 33.0 Å². The lowest BCUT2D eigenvalue weighted by atomic mass is 10.00. The van der Waals surface area contributed by atoms with Crippen molar-refractivity contribution in [3.05, 3.63) is 28.3 Å². The van der Waals surface area contributed by atoms with Gasteiger partial charge in [0.15, 0.2) is 0 Å². The summed E-state index contributed by atoms with van der Waals surface area (Å²) < 4.78 is 69.1. The third-order valence-corrected chi connectivity index (χ3v) is 7.12. The lowest BCUT2D eigenvalue weighted by Gasteiger charge is -2.29. The van der Waals surface area contributed by atoms with Gasteiger partial charge in [-0.15, -0.1) is 21.5 Å². The van der Waals surface area contributed by atoms with Gasteiger partial charge in [-0.1, -0.05) is 11.6 Å². The Labute approximate surface area is 144 Å². The number of hydrogen-bond donors (Lipinski definition) is 0. The Morgan fingerprint density at radius 3 is 2.67 bits per heavy atom. The Hall–Kier alpha value is -1.17. The molecule has 1 aliphatic rings. The third kappa shape index (κ3) is 3.44. The summed E-state index contributed by atoms with van der Waals surface area (Å²) in [7, 11) is -3.75. The number of rotatable bonds is 3. The maximum Gasteiger partial charge on any atom is 0.470 e. The smallest absolute Gasteiger partial charge is 0.417 e. The molecule has 3 rings (SSSR count). The normalized spacial score (nSPS) is 20.4. The standard InChI is InChI=1S/C12H11ClF3N3O3S2/c13-8-3-4-9(23-8)24(20,21)19-5-1-2-7(6-19)10-17-18-11(22-10)12(14,15)16/h3-4,7H,1-2,5-6H2. The minimum absolute atomic E-state index is 0.0165. The van der Waals surface area contributed by atoms with Crippen LogP contribution in [0.25, 0.3) is 0 Å². The predicted molar refractivity (Wildman–Crippen MR) is 79.4 cm³/mol. The Balaban J connectivity index is 1.81. The van der Waals surface area contributed by atoms with E-state index in [-0.39, 0.29) is 23.2 Å². The van der Waals surface area contributed by atoms with Crippen LogP contribution in [-0.4, -0.2) is 36.0 Å². The highest BCUT2D eigenvalue weighted by Crippen LogP contribution is 2.35. The Morgan fingerprint density at radius 2 is 2.08 bits per heavy atom. The first-order chi connectivity index (χ1) is 11.2. The summed E-state index contributed by atoms with van der Waals surface area (Å²) in [5, 5.41) is 6.41. The van der Waals surface area contributed by atoms with Crippen molar-refractivity contribution in [1.82, 2.24) is 14.5 Å². The van der Waals surface area contributed by atoms with Gasteiger partial charge in [-0.2, -0.15) is 17.5 Å². The molecule has 24 heavy (non-hydrogen) atoms. The van der Waals surface area contributed by atoms with Crippen molar-refractivity contribution in [3.63, 3.8) is 0 Å². The second-order valence-electron chi connectivity index (χ2n) is 5.20. The summed E-state index contributed by atoms with van der Waals surface area (Å²) >= 11 is 6.70. The van der Waals surface area contributed by atoms with Crippen LogP contribution in [0.2, 0.25) is 4.34 Å². The maximum atomic E-state index is 12.6. The molecule has 132 valence electrons. The molecule has 1 fully saturated rings. The van der Waals surface area contributed by atoms with Crippen LogP contribution in [0.3, 0.4) is 0 Å². The van der Waals surface area contributed by atoms with Crippen molar-refractivity contribution in [3.8, 4) is 0 Å². The SMILES string of the molecule is O=S(=O)(c1ccc(Cl)s1)N1CCCC(c2nnc(C(F)(F)F)o2)C1. The van der Waals surface area contributed by atoms with E-state index in [0.29, 0.717) is 17.2 Å². The van der Waals surface area contributed by atoms with Gasteiger partial charge in [0.05, 0.1) is 10.3 Å². The van der Waals surface area contributed by atoms with E-state index in [1.165, 1.54) is 16.4 Å². The molecule has 0 spiro atoms. The molecular formula is C12H11ClF3N3O3S2. The highest BCUT2D eigenvalue weighted by molar-refractivity contribution is 7.91. The van der Waals surface area contributed by atoms with Crippen molar-refractivity contribution in [2.75, 3.05) is 13.1 Å². The van der Waals surface area contributed by atoms with Gasteiger partial charge in [0.1, 0.15) is 4.21 Å². The van der Waals surface area contributed by atoms with Crippen LogP contribution in [0, 0.1) is 0 Å². The van der Waals surface area contributed by atoms with E-state index in [4.69, 9.17) is 11.6 Å². The number of sulfonamides is 1. The van der Waals surface area contributed by atoms with Gasteiger partial charge in [-0.05, 0) is 25.0 Å². The summed E-state index contributed by atoms with van der Waals surface area (Å²) in [5.74, 6) is -2.21. The lowest BCUT2D eigenvalue weighted by Crippen LogP contribution is -2.38. The molecule has 0 N–H and O–H groups in total. The van der Waals surface area contributed by atoms with Crippen molar-refractivity contribution in [2.45, 2.75) is 29.1 Å². The number of nitrogens with zero attached hydrogens (tertiary/aromatic N) is 3. The van der Waals surface area contributed by atoms with Crippen LogP contribution in [0.5, 0.6) is 0 Å². The zero-order valence-electron chi connectivity index (χ0n) is 12.0. The first kappa shape index (κ1) is 17.6. The number of hydrogen-bond acceptors (Lipinski definition) is 6. The van der Waals surface area contributed by atoms with E-state index in [1.54, 1.807) is 0 Å². The van der Waals surface area contributed by atoms with Gasteiger partial charge in [0, 0.05) is 13.1 Å². The zero-order chi connectivity index (χ0) is 17.5. The second kappa shape index (κ2) is 6.28. The van der Waals surface area contributed by atoms with Gasteiger partial charge >= 0.3 is 12.1 Å². The molecule has 3 heterocycles. The van der Waals surface area contributed by atoms with Crippen LogP contribution in [0.1, 0.15) is 30.5 Å². The quantitative estimate of drug-likeness (QED) is 0.788. The Kier molecular flexibility index (Phi) is 4.62. The number of piperidine rings is 1. The van der Waals surface area contributed by atoms with Crippen LogP contribution in [0.4, 0.5) is 13.2 Å². The molecule has 2 aromatic rings. The molecule has 0 aromatic carbocycles. The monoisotopic (exact) mass is 401 g/mol. The minimum atomic E-state index is -4.72. The van der Waals surface area contributed by atoms with E-state index in [2.05, 4.69) is 14.6 Å². The molecule has 1 aliphatic heterocycles. The Morgan fingerprint density at radius 1 is 1.33 bits per heavy atom. The van der Waals surface area contributed by atoms with Crippen LogP contribution in [0.15, 0.2) is 20.8 Å². The average Bonchev–Trinajstić information content (AvgIpc) is 3.16. The van der Waals surface area contributed by atoms with E-state index in [0.717, 1.165) is 11.3 Å². The van der Waals surface area contributed by atoms with Crippen LogP contribution < -0.4 is 0 Å². The van der Waals surface area contributed by atoms with E-state index in [1.807, 2.05) is 0 Å². The lowest BCUT2D eigenvalue weighted by molar-refractivity contribution is -0.157. The first-order valence-electron chi connectivity index (χ1n) is 6.84.